The molecule has 11 heavy (non-hydrogen) atoms. The lowest BCUT2D eigenvalue weighted by atomic mass is 10.4. The molecule has 2 heterocycles. The van der Waals surface area contributed by atoms with Crippen LogP contribution in [0.2, 0.25) is 0 Å². The minimum Gasteiger partial charge on any atom is -0.244 e. The van der Waals surface area contributed by atoms with Crippen LogP contribution in [-0.2, 0) is 0 Å². The summed E-state index contributed by atoms with van der Waals surface area (Å²) in [6, 6.07) is 0. The highest BCUT2D eigenvalue weighted by Crippen LogP contribution is 2.24. The van der Waals surface area contributed by atoms with Gasteiger partial charge in [0, 0.05) is 5.38 Å². The monoisotopic (exact) mass is 181 g/mol. The zero-order valence-corrected chi connectivity index (χ0v) is 7.50. The molecule has 0 aliphatic rings. The van der Waals surface area contributed by atoms with Crippen LogP contribution in [-0.4, -0.2) is 9.97 Å². The molecule has 1 radical (unpaired) electrons. The fourth-order valence-electron chi connectivity index (χ4n) is 0.757. The predicted octanol–water partition coefficient (Wildman–Crippen LogP) is 2.38. The van der Waals surface area contributed by atoms with Crippen molar-refractivity contribution in [3.63, 3.8) is 0 Å². The highest BCUT2D eigenvalue weighted by molar-refractivity contribution is 7.15. The highest BCUT2D eigenvalue weighted by atomic mass is 32.1. The maximum Gasteiger partial charge on any atom is 0.111 e. The van der Waals surface area contributed by atoms with Crippen molar-refractivity contribution in [3.05, 3.63) is 22.1 Å². The largest absolute Gasteiger partial charge is 0.244 e. The first kappa shape index (κ1) is 6.94. The number of rotatable bonds is 1. The number of nitrogens with zero attached hydrogens (tertiary/aromatic N) is 2. The van der Waals surface area contributed by atoms with Crippen LogP contribution in [0.3, 0.4) is 0 Å². The second kappa shape index (κ2) is 2.71. The first-order chi connectivity index (χ1) is 5.36. The Hall–Kier alpha value is -0.740. The topological polar surface area (TPSA) is 25.8 Å². The first-order valence-corrected chi connectivity index (χ1v) is 4.86. The van der Waals surface area contributed by atoms with Gasteiger partial charge in [0.1, 0.15) is 6.20 Å². The standard InChI is InChI=1S/C7H5N2S2/c1-5-8-2-7(11-5)6-3-10-4-9-6/h3-4H,1H3. The average Bonchev–Trinajstić information content (AvgIpc) is 2.55. The minimum absolute atomic E-state index is 0.987. The number of aryl methyl sites for hydroxylation is 1. The predicted molar refractivity (Wildman–Crippen MR) is 46.8 cm³/mol. The van der Waals surface area contributed by atoms with E-state index in [-0.39, 0.29) is 0 Å². The lowest BCUT2D eigenvalue weighted by molar-refractivity contribution is 1.28. The molecule has 0 aromatic carbocycles. The van der Waals surface area contributed by atoms with Crippen LogP contribution in [0.4, 0.5) is 0 Å². The zero-order valence-electron chi connectivity index (χ0n) is 5.87. The summed E-state index contributed by atoms with van der Waals surface area (Å²) >= 11 is 3.21. The summed E-state index contributed by atoms with van der Waals surface area (Å²) < 4.78 is 0. The van der Waals surface area contributed by atoms with Gasteiger partial charge in [-0.05, 0) is 6.92 Å². The summed E-state index contributed by atoms with van der Waals surface area (Å²) in [7, 11) is 0. The molecule has 2 aromatic heterocycles. The third-order valence-electron chi connectivity index (χ3n) is 1.23. The van der Waals surface area contributed by atoms with Crippen LogP contribution in [0.1, 0.15) is 5.01 Å². The van der Waals surface area contributed by atoms with Gasteiger partial charge in [0.15, 0.2) is 0 Å². The summed E-state index contributed by atoms with van der Waals surface area (Å²) in [6.45, 7) is 1.97. The summed E-state index contributed by atoms with van der Waals surface area (Å²) in [5, 5.41) is 3.04. The van der Waals surface area contributed by atoms with E-state index in [0.717, 1.165) is 15.6 Å². The molecule has 2 aromatic rings. The van der Waals surface area contributed by atoms with Crippen molar-refractivity contribution in [2.45, 2.75) is 6.92 Å². The third kappa shape index (κ3) is 1.32. The molecule has 0 aliphatic carbocycles. The molecule has 0 aliphatic heterocycles. The average molecular weight is 181 g/mol. The number of thiazole rings is 2. The van der Waals surface area contributed by atoms with Crippen molar-refractivity contribution < 1.29 is 0 Å². The Labute approximate surface area is 72.6 Å². The fourth-order valence-corrected chi connectivity index (χ4v) is 2.07. The quantitative estimate of drug-likeness (QED) is 0.675. The Balaban J connectivity index is 2.45. The van der Waals surface area contributed by atoms with Gasteiger partial charge in [0.05, 0.1) is 21.1 Å². The molecule has 4 heteroatoms. The Morgan fingerprint density at radius 1 is 1.55 bits per heavy atom. The fraction of sp³-hybridized carbons (Fsp3) is 0.143. The van der Waals surface area contributed by atoms with E-state index in [9.17, 15) is 0 Å². The van der Waals surface area contributed by atoms with Crippen molar-refractivity contribution in [2.75, 3.05) is 0 Å². The lowest BCUT2D eigenvalue weighted by Crippen LogP contribution is -1.67. The molecule has 0 saturated heterocycles. The second-order valence-corrected chi connectivity index (χ2v) is 3.97. The van der Waals surface area contributed by atoms with E-state index in [1.807, 2.05) is 17.8 Å². The minimum atomic E-state index is 0.987. The van der Waals surface area contributed by atoms with Crippen molar-refractivity contribution in [1.29, 1.82) is 0 Å². The molecule has 0 atom stereocenters. The van der Waals surface area contributed by atoms with E-state index in [2.05, 4.69) is 16.2 Å². The molecule has 0 fully saturated rings. The zero-order chi connectivity index (χ0) is 7.68. The van der Waals surface area contributed by atoms with Gasteiger partial charge in [-0.25, -0.2) is 9.97 Å². The SMILES string of the molecule is Cc1n[c]c(-c2cscn2)s1. The van der Waals surface area contributed by atoms with Crippen molar-refractivity contribution in [2.24, 2.45) is 0 Å². The van der Waals surface area contributed by atoms with Crippen LogP contribution >= 0.6 is 22.7 Å². The van der Waals surface area contributed by atoms with Gasteiger partial charge in [-0.15, -0.1) is 22.7 Å². The maximum absolute atomic E-state index is 4.16. The van der Waals surface area contributed by atoms with Crippen molar-refractivity contribution in [1.82, 2.24) is 9.97 Å². The Kier molecular flexibility index (Phi) is 1.71. The summed E-state index contributed by atoms with van der Waals surface area (Å²) in [6.07, 6.45) is 2.92. The molecular weight excluding hydrogens is 176 g/mol. The van der Waals surface area contributed by atoms with E-state index in [0.29, 0.717) is 0 Å². The van der Waals surface area contributed by atoms with E-state index in [4.69, 9.17) is 0 Å². The van der Waals surface area contributed by atoms with E-state index < -0.39 is 0 Å². The van der Waals surface area contributed by atoms with Gasteiger partial charge in [-0.3, -0.25) is 0 Å². The van der Waals surface area contributed by atoms with Crippen LogP contribution in [0.5, 0.6) is 0 Å². The van der Waals surface area contributed by atoms with E-state index >= 15 is 0 Å². The van der Waals surface area contributed by atoms with Gasteiger partial charge < -0.3 is 0 Å². The smallest absolute Gasteiger partial charge is 0.111 e. The van der Waals surface area contributed by atoms with Crippen molar-refractivity contribution >= 4 is 22.7 Å². The van der Waals surface area contributed by atoms with E-state index in [1.165, 1.54) is 0 Å². The van der Waals surface area contributed by atoms with Gasteiger partial charge in [-0.1, -0.05) is 0 Å². The summed E-state index contributed by atoms with van der Waals surface area (Å²) in [5.41, 5.74) is 2.80. The normalized spacial score (nSPS) is 10.3. The lowest BCUT2D eigenvalue weighted by Gasteiger charge is -1.82. The summed E-state index contributed by atoms with van der Waals surface area (Å²) in [5.74, 6) is 0. The van der Waals surface area contributed by atoms with Crippen LogP contribution < -0.4 is 0 Å². The van der Waals surface area contributed by atoms with E-state index in [1.54, 1.807) is 22.7 Å². The van der Waals surface area contributed by atoms with Gasteiger partial charge in [0.25, 0.3) is 0 Å². The van der Waals surface area contributed by atoms with Gasteiger partial charge in [0.2, 0.25) is 0 Å². The molecular formula is C7H5N2S2. The maximum atomic E-state index is 4.16. The van der Waals surface area contributed by atoms with Crippen molar-refractivity contribution in [3.8, 4) is 10.6 Å². The molecule has 0 saturated carbocycles. The molecule has 0 spiro atoms. The molecule has 0 N–H and O–H groups in total. The van der Waals surface area contributed by atoms with Gasteiger partial charge >= 0.3 is 0 Å². The Morgan fingerprint density at radius 3 is 3.00 bits per heavy atom. The molecule has 0 amide bonds. The third-order valence-corrected chi connectivity index (χ3v) is 2.71. The first-order valence-electron chi connectivity index (χ1n) is 3.10. The van der Waals surface area contributed by atoms with Gasteiger partial charge in [-0.2, -0.15) is 0 Å². The number of hydrogen-bond donors (Lipinski definition) is 0. The molecule has 0 unspecified atom stereocenters. The molecule has 2 rings (SSSR count). The Bertz CT molecular complexity index is 337. The Morgan fingerprint density at radius 2 is 2.45 bits per heavy atom. The number of aromatic nitrogens is 2. The van der Waals surface area contributed by atoms with Crippen LogP contribution in [0, 0.1) is 13.1 Å². The van der Waals surface area contributed by atoms with Crippen LogP contribution in [0.25, 0.3) is 10.6 Å². The summed E-state index contributed by atoms with van der Waals surface area (Å²) in [4.78, 5) is 9.22. The molecule has 2 nitrogen and oxygen atoms in total. The van der Waals surface area contributed by atoms with Crippen LogP contribution in [0.15, 0.2) is 10.9 Å². The molecule has 0 bridgehead atoms. The highest BCUT2D eigenvalue weighted by Gasteiger charge is 2.02. The number of hydrogen-bond acceptors (Lipinski definition) is 4. The molecule has 55 valence electrons. The second-order valence-electron chi connectivity index (χ2n) is 2.05.